The number of methoxy groups -OCH3 is 1. The third kappa shape index (κ3) is 39.6. The highest BCUT2D eigenvalue weighted by Gasteiger charge is 2.45. The van der Waals surface area contributed by atoms with Crippen molar-refractivity contribution < 1.29 is 134 Å². The third-order valence-corrected chi connectivity index (χ3v) is 20.7. The lowest BCUT2D eigenvalue weighted by molar-refractivity contribution is -0.143. The number of aliphatic hydroxyl groups excluding tert-OH is 3. The first kappa shape index (κ1) is 101. The predicted molar refractivity (Wildman–Crippen MR) is 424 cm³/mol. The van der Waals surface area contributed by atoms with Crippen LogP contribution in [0.5, 0.6) is 5.75 Å². The van der Waals surface area contributed by atoms with E-state index in [-0.39, 0.29) is 67.2 Å². The van der Waals surface area contributed by atoms with Crippen molar-refractivity contribution in [2.45, 2.75) is 138 Å². The predicted octanol–water partition coefficient (Wildman–Crippen LogP) is -4.68. The number of carboxylic acids is 1. The summed E-state index contributed by atoms with van der Waals surface area (Å²) < 4.78 is 82.5. The zero-order valence-electron chi connectivity index (χ0n) is 67.5. The number of hydrogen-bond acceptors (Lipinski definition) is 30. The summed E-state index contributed by atoms with van der Waals surface area (Å²) in [5.41, 5.74) is 18.7. The van der Waals surface area contributed by atoms with Gasteiger partial charge in [-0.25, -0.2) is 0 Å². The monoisotopic (exact) mass is 1710 g/mol. The third-order valence-electron chi connectivity index (χ3n) is 18.3. The Hall–Kier alpha value is -7.99. The van der Waals surface area contributed by atoms with Gasteiger partial charge in [0, 0.05) is 85.5 Å². The van der Waals surface area contributed by atoms with Crippen LogP contribution in [0.3, 0.4) is 0 Å². The highest BCUT2D eigenvalue weighted by Crippen LogP contribution is 2.36. The van der Waals surface area contributed by atoms with Crippen molar-refractivity contribution >= 4 is 98.5 Å². The number of primary amides is 2. The van der Waals surface area contributed by atoms with Gasteiger partial charge in [-0.05, 0) is 30.0 Å². The molecule has 2 aliphatic heterocycles. The van der Waals surface area contributed by atoms with Crippen molar-refractivity contribution in [3.05, 3.63) is 35.2 Å². The van der Waals surface area contributed by atoms with Gasteiger partial charge >= 0.3 is 5.97 Å². The molecule has 1 aromatic carbocycles. The minimum absolute atomic E-state index is 0.0598. The van der Waals surface area contributed by atoms with E-state index in [1.165, 1.54) is 25.8 Å². The van der Waals surface area contributed by atoms with E-state index in [9.17, 15) is 68.1 Å². The van der Waals surface area contributed by atoms with E-state index in [0.29, 0.717) is 179 Å². The second-order valence-electron chi connectivity index (χ2n) is 27.1. The van der Waals surface area contributed by atoms with Crippen LogP contribution in [-0.4, -0.2) is 345 Å². The van der Waals surface area contributed by atoms with Gasteiger partial charge in [-0.1, -0.05) is 34.1 Å². The molecule has 664 valence electrons. The quantitative estimate of drug-likeness (QED) is 0.0277. The molecule has 0 saturated carbocycles. The zero-order chi connectivity index (χ0) is 85.9. The number of nitrogens with zero attached hydrogens (tertiary/aromatic N) is 1. The van der Waals surface area contributed by atoms with Crippen LogP contribution in [0.2, 0.25) is 0 Å². The molecule has 2 aliphatic rings. The van der Waals surface area contributed by atoms with E-state index in [0.717, 1.165) is 4.90 Å². The summed E-state index contributed by atoms with van der Waals surface area (Å²) >= 11 is 1.44. The van der Waals surface area contributed by atoms with Crippen LogP contribution in [0.25, 0.3) is 10.9 Å². The molecular weight excluding hydrogens is 1580 g/mol. The molecule has 11 atom stereocenters. The maximum atomic E-state index is 15.4. The number of carbonyl (C=O) groups excluding carboxylic acids is 10. The van der Waals surface area contributed by atoms with E-state index < -0.39 is 175 Å². The Labute approximate surface area is 687 Å². The molecule has 0 bridgehead atoms. The van der Waals surface area contributed by atoms with Crippen molar-refractivity contribution in [3.63, 3.8) is 0 Å². The summed E-state index contributed by atoms with van der Waals surface area (Å²) in [6, 6.07) is -6.39. The Bertz CT molecular complexity index is 3440. The average molecular weight is 1710 g/mol. The average Bonchev–Trinajstić information content (AvgIpc) is 1.62. The summed E-state index contributed by atoms with van der Waals surface area (Å²) in [5.74, 6) is -11.3. The van der Waals surface area contributed by atoms with Gasteiger partial charge in [0.05, 0.1) is 213 Å². The molecule has 10 amide bonds. The van der Waals surface area contributed by atoms with Gasteiger partial charge < -0.3 is 147 Å². The number of carboxylic acid groups (broad SMARTS) is 1. The Morgan fingerprint density at radius 1 is 0.684 bits per heavy atom. The fraction of sp³-hybridized carbons (Fsp3) is 0.716. The number of H-pyrrole nitrogens is 1. The Morgan fingerprint density at radius 2 is 1.23 bits per heavy atom. The number of rotatable bonds is 60. The van der Waals surface area contributed by atoms with Gasteiger partial charge in [0.25, 0.3) is 0 Å². The second-order valence-corrected chi connectivity index (χ2v) is 29.6. The number of ether oxygens (including phenoxy) is 12. The van der Waals surface area contributed by atoms with Crippen LogP contribution < -0.4 is 64.5 Å². The molecule has 0 aliphatic carbocycles. The minimum Gasteiger partial charge on any atom is -0.496 e. The van der Waals surface area contributed by atoms with E-state index >= 15 is 4.21 Å². The van der Waals surface area contributed by atoms with E-state index in [1.807, 2.05) is 0 Å². The number of nitrogens with one attached hydrogen (secondary N) is 9. The maximum absolute atomic E-state index is 15.4. The lowest BCUT2D eigenvalue weighted by Gasteiger charge is -2.32. The van der Waals surface area contributed by atoms with E-state index in [4.69, 9.17) is 79.1 Å². The second kappa shape index (κ2) is 58.8. The van der Waals surface area contributed by atoms with Crippen molar-refractivity contribution in [2.75, 3.05) is 197 Å². The Morgan fingerprint density at radius 3 is 1.74 bits per heavy atom. The lowest BCUT2D eigenvalue weighted by atomic mass is 9.93. The van der Waals surface area contributed by atoms with Crippen molar-refractivity contribution in [2.24, 2.45) is 29.0 Å². The van der Waals surface area contributed by atoms with Crippen LogP contribution >= 0.6 is 11.8 Å². The number of benzene rings is 1. The number of aliphatic carboxylic acids is 1. The van der Waals surface area contributed by atoms with Gasteiger partial charge in [-0.15, -0.1) is 0 Å². The number of aromatic nitrogens is 1. The molecule has 0 spiro atoms. The van der Waals surface area contributed by atoms with Gasteiger partial charge in [-0.3, -0.25) is 56.9 Å². The Balaban J connectivity index is 1.23. The molecule has 0 radical (unpaired) electrons. The van der Waals surface area contributed by atoms with Crippen LogP contribution in [-0.2, 0) is 128 Å². The SMILES string of the molecule is CCC(=O)N[C@H](C(=O)NCC(=O)N[C@@H]1CS(=O)c2[nH]c3c(CSCCOCCOCCOCCOCCOCCOCCOCCOCCOCCOCCOCCN/C=C(\N)CNC(=O)CCC(=O)O)c(OC)ccc3c2C[C@@H](C(N)=O)NC(=O)[C@H]([C@@H](C)[C@@H](O)CO)NC(=O)[C@@H]2C[C@@H](O)CN2C(=O)[C@H](CCC(N)=O)NC1=O)[C@@H](C)CC. The van der Waals surface area contributed by atoms with Crippen molar-refractivity contribution in [1.82, 2.24) is 52.4 Å². The molecule has 2 aromatic rings. The first-order valence-electron chi connectivity index (χ1n) is 39.1. The molecule has 43 heteroatoms. The fourth-order valence-electron chi connectivity index (χ4n) is 11.6. The highest BCUT2D eigenvalue weighted by molar-refractivity contribution is 7.98. The van der Waals surface area contributed by atoms with Gasteiger partial charge in [0.2, 0.25) is 59.1 Å². The topological polar surface area (TPSA) is 590 Å². The van der Waals surface area contributed by atoms with Crippen LogP contribution in [0.1, 0.15) is 83.8 Å². The smallest absolute Gasteiger partial charge is 0.303 e. The van der Waals surface area contributed by atoms with Crippen LogP contribution in [0.15, 0.2) is 29.1 Å². The normalized spacial score (nSPS) is 19.3. The number of nitrogens with two attached hydrogens (primary N) is 3. The molecular formula is C74H123N13O28S2. The number of fused-ring (bicyclic) bond motifs is 4. The largest absolute Gasteiger partial charge is 0.496 e. The molecule has 117 heavy (non-hydrogen) atoms. The number of aromatic amines is 1. The molecule has 1 saturated heterocycles. The molecule has 4 rings (SSSR count). The molecule has 1 fully saturated rings. The summed E-state index contributed by atoms with van der Waals surface area (Å²) in [7, 11) is -1.01. The number of carbonyl (C=O) groups is 11. The first-order chi connectivity index (χ1) is 56.2. The summed E-state index contributed by atoms with van der Waals surface area (Å²) in [6.07, 6.45) is -3.19. The highest BCUT2D eigenvalue weighted by atomic mass is 32.2. The standard InChI is InChI=1S/C74H123N13O28S2/c1-6-47(3)65(84-61(92)7-2)71(100)80-42-63(94)81-56-46-117(103)73-52(39-55(68(77)97)83-72(101)66(48(4)58(90)44-88)85-70(99)57-38-50(89)43-87(57)74(102)54(82-69(56)98)9-11-60(76)91)51-8-10-59(104-5)53(67(51)86-73)45-116-37-36-115-35-34-114-33-32-113-31-30-112-29-28-111-27-26-110-25-24-109-23-22-108-21-20-107-19-18-106-17-16-105-15-14-78-40-49(75)41-79-62(93)12-13-64(95)96/h8,10,40,47-48,50,54-58,65-66,78,86,88-90H,6-7,9,11-39,41-46,75H2,1-5H3,(H2,76,91)(H2,77,97)(H,79,93)(H,80,100)(H,81,94)(H,82,98)(H,83,101)(H,84,92)(H,85,99)(H,95,96)/b49-40-/t47-,48-,50+,54-,55-,56+,57-,58-,65-,66-,117?/m0/s1. The van der Waals surface area contributed by atoms with Crippen molar-refractivity contribution in [1.29, 1.82) is 0 Å². The molecule has 41 nitrogen and oxygen atoms in total. The number of hydrogen-bond donors (Lipinski definition) is 16. The van der Waals surface area contributed by atoms with Gasteiger partial charge in [0.15, 0.2) is 0 Å². The summed E-state index contributed by atoms with van der Waals surface area (Å²) in [5, 5.41) is 61.4. The number of amides is 10. The maximum Gasteiger partial charge on any atom is 0.303 e. The minimum atomic E-state index is -2.45. The van der Waals surface area contributed by atoms with Crippen molar-refractivity contribution in [3.8, 4) is 5.75 Å². The summed E-state index contributed by atoms with van der Waals surface area (Å²) in [6.45, 7) is 13.1. The number of aliphatic hydroxyl groups is 3. The lowest BCUT2D eigenvalue weighted by Crippen LogP contribution is -2.61. The van der Waals surface area contributed by atoms with E-state index in [2.05, 4.69) is 47.5 Å². The zero-order valence-corrected chi connectivity index (χ0v) is 69.1. The molecule has 19 N–H and O–H groups in total. The van der Waals surface area contributed by atoms with Gasteiger partial charge in [0.1, 0.15) is 47.0 Å². The first-order valence-corrected chi connectivity index (χ1v) is 41.5. The number of thioether (sulfide) groups is 1. The Kier molecular flexibility index (Phi) is 51.0. The summed E-state index contributed by atoms with van der Waals surface area (Å²) in [4.78, 5) is 151. The van der Waals surface area contributed by atoms with Crippen LogP contribution in [0, 0.1) is 11.8 Å². The van der Waals surface area contributed by atoms with Crippen LogP contribution in [0.4, 0.5) is 0 Å². The molecule has 1 aromatic heterocycles. The molecule has 1 unspecified atom stereocenters. The fourth-order valence-corrected chi connectivity index (χ4v) is 13.8. The molecule has 3 heterocycles. The van der Waals surface area contributed by atoms with Gasteiger partial charge in [-0.2, -0.15) is 11.8 Å². The van der Waals surface area contributed by atoms with E-state index in [1.54, 1.807) is 39.1 Å².